The maximum Gasteiger partial charge on any atom is 0.165 e. The Hall–Kier alpha value is -3.28. The van der Waals surface area contributed by atoms with Crippen LogP contribution < -0.4 is 5.32 Å². The topological polar surface area (TPSA) is 68.5 Å². The number of imidazole rings is 1. The van der Waals surface area contributed by atoms with Crippen LogP contribution in [-0.2, 0) is 13.6 Å². The lowest BCUT2D eigenvalue weighted by Crippen LogP contribution is -2.03. The number of pyridine rings is 1. The SMILES string of the molecule is Cn1c(-c2ccccc2)nc2c(NCc3cccnc3)ncnc21. The van der Waals surface area contributed by atoms with Gasteiger partial charge in [0.1, 0.15) is 12.2 Å². The Morgan fingerprint density at radius 1 is 1.04 bits per heavy atom. The number of fused-ring (bicyclic) bond motifs is 1. The first kappa shape index (κ1) is 14.3. The molecule has 0 saturated heterocycles. The highest BCUT2D eigenvalue weighted by Crippen LogP contribution is 2.25. The molecule has 0 aliphatic rings. The van der Waals surface area contributed by atoms with Crippen molar-refractivity contribution in [2.75, 3.05) is 5.32 Å². The van der Waals surface area contributed by atoms with E-state index in [0.29, 0.717) is 6.54 Å². The average Bonchev–Trinajstić information content (AvgIpc) is 2.99. The van der Waals surface area contributed by atoms with Gasteiger partial charge in [0.25, 0.3) is 0 Å². The standard InChI is InChI=1S/C18H16N6/c1-24-17(14-7-3-2-4-8-14)23-15-16(21-12-22-18(15)24)20-11-13-6-5-9-19-10-13/h2-10,12H,11H2,1H3,(H,20,21,22). The minimum absolute atomic E-state index is 0.636. The Labute approximate surface area is 139 Å². The predicted molar refractivity (Wildman–Crippen MR) is 93.3 cm³/mol. The summed E-state index contributed by atoms with van der Waals surface area (Å²) < 4.78 is 1.99. The van der Waals surface area contributed by atoms with Gasteiger partial charge in [-0.1, -0.05) is 36.4 Å². The van der Waals surface area contributed by atoms with E-state index in [9.17, 15) is 0 Å². The molecule has 3 heterocycles. The smallest absolute Gasteiger partial charge is 0.165 e. The van der Waals surface area contributed by atoms with E-state index in [2.05, 4.69) is 20.3 Å². The van der Waals surface area contributed by atoms with Crippen molar-refractivity contribution in [2.24, 2.45) is 7.05 Å². The van der Waals surface area contributed by atoms with Gasteiger partial charge in [0.05, 0.1) is 0 Å². The third kappa shape index (κ3) is 2.58. The van der Waals surface area contributed by atoms with Crippen molar-refractivity contribution >= 4 is 17.0 Å². The van der Waals surface area contributed by atoms with Crippen molar-refractivity contribution in [3.63, 3.8) is 0 Å². The third-order valence-electron chi connectivity index (χ3n) is 3.87. The molecule has 0 atom stereocenters. The van der Waals surface area contributed by atoms with Crippen LogP contribution in [0, 0.1) is 0 Å². The van der Waals surface area contributed by atoms with E-state index < -0.39 is 0 Å². The molecular formula is C18H16N6. The Bertz CT molecular complexity index is 963. The van der Waals surface area contributed by atoms with Gasteiger partial charge in [-0.2, -0.15) is 0 Å². The second-order valence-electron chi connectivity index (χ2n) is 5.47. The van der Waals surface area contributed by atoms with Crippen molar-refractivity contribution in [1.82, 2.24) is 24.5 Å². The summed E-state index contributed by atoms with van der Waals surface area (Å²) in [4.78, 5) is 17.6. The maximum atomic E-state index is 4.75. The second kappa shape index (κ2) is 6.08. The van der Waals surface area contributed by atoms with Crippen molar-refractivity contribution in [2.45, 2.75) is 6.54 Å². The molecule has 0 bridgehead atoms. The van der Waals surface area contributed by atoms with Gasteiger partial charge in [0.2, 0.25) is 0 Å². The van der Waals surface area contributed by atoms with Gasteiger partial charge in [0.15, 0.2) is 17.0 Å². The van der Waals surface area contributed by atoms with Crippen molar-refractivity contribution < 1.29 is 0 Å². The van der Waals surface area contributed by atoms with Crippen LogP contribution in [0.15, 0.2) is 61.2 Å². The lowest BCUT2D eigenvalue weighted by atomic mass is 10.2. The normalized spacial score (nSPS) is 10.9. The largest absolute Gasteiger partial charge is 0.364 e. The molecule has 0 fully saturated rings. The van der Waals surface area contributed by atoms with E-state index in [1.165, 1.54) is 0 Å². The molecular weight excluding hydrogens is 300 g/mol. The van der Waals surface area contributed by atoms with E-state index >= 15 is 0 Å². The van der Waals surface area contributed by atoms with Crippen LogP contribution >= 0.6 is 0 Å². The molecule has 4 rings (SSSR count). The Morgan fingerprint density at radius 3 is 2.71 bits per heavy atom. The molecule has 6 heteroatoms. The number of aryl methyl sites for hydroxylation is 1. The van der Waals surface area contributed by atoms with Crippen LogP contribution in [-0.4, -0.2) is 24.5 Å². The number of rotatable bonds is 4. The van der Waals surface area contributed by atoms with E-state index in [0.717, 1.165) is 33.9 Å². The molecule has 0 saturated carbocycles. The lowest BCUT2D eigenvalue weighted by molar-refractivity contribution is 0.938. The minimum atomic E-state index is 0.636. The molecule has 0 aliphatic heterocycles. The van der Waals surface area contributed by atoms with Gasteiger partial charge in [-0.25, -0.2) is 15.0 Å². The van der Waals surface area contributed by atoms with Gasteiger partial charge >= 0.3 is 0 Å². The van der Waals surface area contributed by atoms with E-state index in [1.54, 1.807) is 12.5 Å². The highest BCUT2D eigenvalue weighted by atomic mass is 15.2. The van der Waals surface area contributed by atoms with Crippen LogP contribution in [0.1, 0.15) is 5.56 Å². The summed E-state index contributed by atoms with van der Waals surface area (Å²) in [5, 5.41) is 3.33. The molecule has 3 aromatic heterocycles. The average molecular weight is 316 g/mol. The number of aromatic nitrogens is 5. The number of hydrogen-bond donors (Lipinski definition) is 1. The maximum absolute atomic E-state index is 4.75. The summed E-state index contributed by atoms with van der Waals surface area (Å²) in [7, 11) is 1.97. The molecule has 0 radical (unpaired) electrons. The first-order valence-electron chi connectivity index (χ1n) is 7.68. The van der Waals surface area contributed by atoms with Crippen molar-refractivity contribution in [1.29, 1.82) is 0 Å². The quantitative estimate of drug-likeness (QED) is 0.627. The molecule has 1 aromatic carbocycles. The van der Waals surface area contributed by atoms with E-state index in [4.69, 9.17) is 4.98 Å². The van der Waals surface area contributed by atoms with Crippen LogP contribution in [0.4, 0.5) is 5.82 Å². The molecule has 0 spiro atoms. The molecule has 0 unspecified atom stereocenters. The van der Waals surface area contributed by atoms with Gasteiger partial charge < -0.3 is 9.88 Å². The zero-order chi connectivity index (χ0) is 16.4. The van der Waals surface area contributed by atoms with Gasteiger partial charge in [-0.3, -0.25) is 4.98 Å². The van der Waals surface area contributed by atoms with Crippen molar-refractivity contribution in [3.8, 4) is 11.4 Å². The Morgan fingerprint density at radius 2 is 1.92 bits per heavy atom. The minimum Gasteiger partial charge on any atom is -0.364 e. The van der Waals surface area contributed by atoms with E-state index in [1.807, 2.05) is 60.3 Å². The summed E-state index contributed by atoms with van der Waals surface area (Å²) >= 11 is 0. The number of hydrogen-bond acceptors (Lipinski definition) is 5. The van der Waals surface area contributed by atoms with Gasteiger partial charge in [0, 0.05) is 31.5 Å². The molecule has 1 N–H and O–H groups in total. The first-order chi connectivity index (χ1) is 11.8. The molecule has 0 amide bonds. The van der Waals surface area contributed by atoms with Gasteiger partial charge in [-0.15, -0.1) is 0 Å². The molecule has 24 heavy (non-hydrogen) atoms. The molecule has 6 nitrogen and oxygen atoms in total. The summed E-state index contributed by atoms with van der Waals surface area (Å²) in [6, 6.07) is 14.0. The predicted octanol–water partition coefficient (Wildman–Crippen LogP) is 3.04. The highest BCUT2D eigenvalue weighted by Gasteiger charge is 2.14. The highest BCUT2D eigenvalue weighted by molar-refractivity contribution is 5.86. The molecule has 4 aromatic rings. The Balaban J connectivity index is 1.72. The number of benzene rings is 1. The van der Waals surface area contributed by atoms with Crippen LogP contribution in [0.5, 0.6) is 0 Å². The van der Waals surface area contributed by atoms with Gasteiger partial charge in [-0.05, 0) is 11.6 Å². The molecule has 0 aliphatic carbocycles. The number of nitrogens with zero attached hydrogens (tertiary/aromatic N) is 5. The zero-order valence-electron chi connectivity index (χ0n) is 13.2. The van der Waals surface area contributed by atoms with Crippen LogP contribution in [0.2, 0.25) is 0 Å². The molecule has 118 valence electrons. The van der Waals surface area contributed by atoms with Crippen LogP contribution in [0.25, 0.3) is 22.6 Å². The fraction of sp³-hybridized carbons (Fsp3) is 0.111. The second-order valence-corrected chi connectivity index (χ2v) is 5.47. The summed E-state index contributed by atoms with van der Waals surface area (Å²) in [6.45, 7) is 0.636. The Kier molecular flexibility index (Phi) is 3.63. The third-order valence-corrected chi connectivity index (χ3v) is 3.87. The summed E-state index contributed by atoms with van der Waals surface area (Å²) in [5.74, 6) is 1.59. The number of anilines is 1. The first-order valence-corrected chi connectivity index (χ1v) is 7.68. The number of nitrogens with one attached hydrogen (secondary N) is 1. The van der Waals surface area contributed by atoms with E-state index in [-0.39, 0.29) is 0 Å². The zero-order valence-corrected chi connectivity index (χ0v) is 13.2. The summed E-state index contributed by atoms with van der Waals surface area (Å²) in [5.41, 5.74) is 3.71. The summed E-state index contributed by atoms with van der Waals surface area (Å²) in [6.07, 6.45) is 5.15. The van der Waals surface area contributed by atoms with Crippen LogP contribution in [0.3, 0.4) is 0 Å². The van der Waals surface area contributed by atoms with Crippen molar-refractivity contribution in [3.05, 3.63) is 66.7 Å². The fourth-order valence-electron chi connectivity index (χ4n) is 2.66. The fourth-order valence-corrected chi connectivity index (χ4v) is 2.66. The lowest BCUT2D eigenvalue weighted by Gasteiger charge is -2.05. The monoisotopic (exact) mass is 316 g/mol.